The average Bonchev–Trinajstić information content (AvgIpc) is 3.41. The van der Waals surface area contributed by atoms with Gasteiger partial charge >= 0.3 is 5.97 Å². The maximum atomic E-state index is 12.5. The Morgan fingerprint density at radius 3 is 1.03 bits per heavy atom. The molecule has 75 heavy (non-hydrogen) atoms. The van der Waals surface area contributed by atoms with Gasteiger partial charge in [0.05, 0.1) is 25.4 Å². The topological polar surface area (TPSA) is 95.9 Å². The molecule has 0 heterocycles. The van der Waals surface area contributed by atoms with Crippen molar-refractivity contribution in [2.75, 3.05) is 13.2 Å². The molecule has 440 valence electrons. The molecule has 6 nitrogen and oxygen atoms in total. The van der Waals surface area contributed by atoms with Gasteiger partial charge in [-0.2, -0.15) is 0 Å². The Hall–Kier alpha value is -2.18. The van der Waals surface area contributed by atoms with E-state index in [0.717, 1.165) is 57.8 Å². The number of aliphatic hydroxyl groups is 2. The van der Waals surface area contributed by atoms with Gasteiger partial charge in [0, 0.05) is 12.8 Å². The van der Waals surface area contributed by atoms with Gasteiger partial charge in [-0.05, 0) is 89.9 Å². The van der Waals surface area contributed by atoms with E-state index in [1.807, 2.05) is 0 Å². The maximum absolute atomic E-state index is 12.5. The Balaban J connectivity index is 3.38. The number of aliphatic hydroxyl groups excluding tert-OH is 2. The molecular formula is C69H129NO5. The van der Waals surface area contributed by atoms with E-state index in [9.17, 15) is 19.8 Å². The minimum atomic E-state index is -0.663. The van der Waals surface area contributed by atoms with Crippen LogP contribution in [0.25, 0.3) is 0 Å². The fourth-order valence-corrected chi connectivity index (χ4v) is 10.2. The van der Waals surface area contributed by atoms with E-state index in [4.69, 9.17) is 4.74 Å². The van der Waals surface area contributed by atoms with E-state index >= 15 is 0 Å². The lowest BCUT2D eigenvalue weighted by molar-refractivity contribution is -0.143. The van der Waals surface area contributed by atoms with Gasteiger partial charge in [0.2, 0.25) is 5.91 Å². The summed E-state index contributed by atoms with van der Waals surface area (Å²) in [6, 6.07) is -0.540. The number of carbonyl (C=O) groups is 2. The van der Waals surface area contributed by atoms with E-state index in [0.29, 0.717) is 25.9 Å². The first-order valence-electron chi connectivity index (χ1n) is 33.4. The van der Waals surface area contributed by atoms with Crippen molar-refractivity contribution in [3.8, 4) is 0 Å². The summed E-state index contributed by atoms with van der Waals surface area (Å²) in [6.07, 6.45) is 82.9. The SMILES string of the molecule is CCCCCC/C=C\C/C=C\CCCCCCCC(=O)OCCCCCCCCCCC/C=C\C/C=C\CCCCCCCCCCCCCCCCCC(=O)NC(CO)C(O)CCCCCCCCCCCCC. The number of hydrogen-bond donors (Lipinski definition) is 3. The number of allylic oxidation sites excluding steroid dienone is 8. The van der Waals surface area contributed by atoms with Gasteiger partial charge in [-0.3, -0.25) is 9.59 Å². The van der Waals surface area contributed by atoms with Crippen LogP contribution in [0, 0.1) is 0 Å². The van der Waals surface area contributed by atoms with Crippen LogP contribution in [0.3, 0.4) is 0 Å². The molecule has 3 N–H and O–H groups in total. The van der Waals surface area contributed by atoms with Crippen LogP contribution in [0.4, 0.5) is 0 Å². The summed E-state index contributed by atoms with van der Waals surface area (Å²) in [5, 5.41) is 23.2. The van der Waals surface area contributed by atoms with Crippen LogP contribution in [0.15, 0.2) is 48.6 Å². The molecule has 0 aliphatic carbocycles. The molecule has 0 aromatic carbocycles. The number of carbonyl (C=O) groups excluding carboxylic acids is 2. The predicted molar refractivity (Wildman–Crippen MR) is 329 cm³/mol. The zero-order valence-corrected chi connectivity index (χ0v) is 50.3. The molecular weight excluding hydrogens is 923 g/mol. The minimum Gasteiger partial charge on any atom is -0.466 e. The second kappa shape index (κ2) is 64.3. The zero-order valence-electron chi connectivity index (χ0n) is 50.3. The Bertz CT molecular complexity index is 1260. The van der Waals surface area contributed by atoms with Gasteiger partial charge in [-0.15, -0.1) is 0 Å². The van der Waals surface area contributed by atoms with Gasteiger partial charge < -0.3 is 20.3 Å². The molecule has 0 saturated carbocycles. The first kappa shape index (κ1) is 72.8. The molecule has 6 heteroatoms. The lowest BCUT2D eigenvalue weighted by Crippen LogP contribution is -2.45. The van der Waals surface area contributed by atoms with Gasteiger partial charge in [-0.1, -0.05) is 300 Å². The molecule has 0 radical (unpaired) electrons. The summed E-state index contributed by atoms with van der Waals surface area (Å²) in [7, 11) is 0. The monoisotopic (exact) mass is 1050 g/mol. The summed E-state index contributed by atoms with van der Waals surface area (Å²) in [4.78, 5) is 24.5. The third-order valence-electron chi connectivity index (χ3n) is 15.4. The number of amides is 1. The Labute approximate surface area is 467 Å². The first-order chi connectivity index (χ1) is 37.0. The second-order valence-corrected chi connectivity index (χ2v) is 22.8. The van der Waals surface area contributed by atoms with E-state index < -0.39 is 12.1 Å². The van der Waals surface area contributed by atoms with E-state index in [-0.39, 0.29) is 18.5 Å². The van der Waals surface area contributed by atoms with Crippen molar-refractivity contribution < 1.29 is 24.5 Å². The van der Waals surface area contributed by atoms with Crippen molar-refractivity contribution in [3.05, 3.63) is 48.6 Å². The standard InChI is InChI=1S/C69H129NO5/c1-3-5-7-9-11-13-15-16-17-36-39-43-47-51-55-59-63-69(74)75-64-60-56-52-48-44-40-37-34-32-30-28-26-24-22-20-18-19-21-23-25-27-29-31-33-35-38-42-46-50-54-58-62-68(73)70-66(65-71)67(72)61-57-53-49-45-41-14-12-10-8-6-4-2/h13,15,17,20,22,26,28,36,66-67,71-72H,3-12,14,16,18-19,21,23-25,27,29-35,37-65H2,1-2H3,(H,70,73)/b15-13-,22-20-,28-26-,36-17-. The van der Waals surface area contributed by atoms with Crippen LogP contribution in [0.1, 0.15) is 354 Å². The van der Waals surface area contributed by atoms with Gasteiger partial charge in [0.25, 0.3) is 0 Å². The maximum Gasteiger partial charge on any atom is 0.305 e. The highest BCUT2D eigenvalue weighted by Gasteiger charge is 2.20. The molecule has 1 amide bonds. The van der Waals surface area contributed by atoms with Gasteiger partial charge in [0.15, 0.2) is 0 Å². The third-order valence-corrected chi connectivity index (χ3v) is 15.4. The van der Waals surface area contributed by atoms with Crippen LogP contribution in [-0.4, -0.2) is 47.4 Å². The predicted octanol–water partition coefficient (Wildman–Crippen LogP) is 21.3. The number of nitrogens with one attached hydrogen (secondary N) is 1. The Kier molecular flexibility index (Phi) is 62.5. The second-order valence-electron chi connectivity index (χ2n) is 22.8. The molecule has 0 aliphatic rings. The smallest absolute Gasteiger partial charge is 0.305 e. The summed E-state index contributed by atoms with van der Waals surface area (Å²) < 4.78 is 5.48. The number of unbranched alkanes of at least 4 members (excludes halogenated alkanes) is 43. The lowest BCUT2D eigenvalue weighted by Gasteiger charge is -2.22. The molecule has 0 aromatic heterocycles. The summed E-state index contributed by atoms with van der Waals surface area (Å²) >= 11 is 0. The Morgan fingerprint density at radius 1 is 0.373 bits per heavy atom. The molecule has 0 rings (SSSR count). The van der Waals surface area contributed by atoms with Gasteiger partial charge in [0.1, 0.15) is 0 Å². The summed E-state index contributed by atoms with van der Waals surface area (Å²) in [5.41, 5.74) is 0. The summed E-state index contributed by atoms with van der Waals surface area (Å²) in [6.45, 7) is 4.93. The fourth-order valence-electron chi connectivity index (χ4n) is 10.2. The Morgan fingerprint density at radius 2 is 0.667 bits per heavy atom. The van der Waals surface area contributed by atoms with E-state index in [1.54, 1.807) is 0 Å². The van der Waals surface area contributed by atoms with Crippen LogP contribution >= 0.6 is 0 Å². The highest BCUT2D eigenvalue weighted by Crippen LogP contribution is 2.17. The zero-order chi connectivity index (χ0) is 54.3. The molecule has 0 aromatic rings. The highest BCUT2D eigenvalue weighted by molar-refractivity contribution is 5.76. The van der Waals surface area contributed by atoms with Crippen LogP contribution in [0.5, 0.6) is 0 Å². The van der Waals surface area contributed by atoms with Crippen molar-refractivity contribution >= 4 is 11.9 Å². The van der Waals surface area contributed by atoms with Gasteiger partial charge in [-0.25, -0.2) is 0 Å². The normalized spacial score (nSPS) is 12.9. The molecule has 0 saturated heterocycles. The van der Waals surface area contributed by atoms with Crippen molar-refractivity contribution in [1.82, 2.24) is 5.32 Å². The average molecular weight is 1050 g/mol. The number of rotatable bonds is 62. The third kappa shape index (κ3) is 60.9. The van der Waals surface area contributed by atoms with Crippen molar-refractivity contribution in [2.45, 2.75) is 366 Å². The van der Waals surface area contributed by atoms with Crippen LogP contribution in [0.2, 0.25) is 0 Å². The van der Waals surface area contributed by atoms with E-state index in [1.165, 1.54) is 263 Å². The van der Waals surface area contributed by atoms with Crippen LogP contribution in [-0.2, 0) is 14.3 Å². The van der Waals surface area contributed by atoms with E-state index in [2.05, 4.69) is 67.8 Å². The number of ether oxygens (including phenoxy) is 1. The lowest BCUT2D eigenvalue weighted by atomic mass is 10.0. The van der Waals surface area contributed by atoms with Crippen molar-refractivity contribution in [2.24, 2.45) is 0 Å². The molecule has 0 spiro atoms. The fraction of sp³-hybridized carbons (Fsp3) is 0.855. The molecule has 0 fully saturated rings. The molecule has 0 aliphatic heterocycles. The highest BCUT2D eigenvalue weighted by atomic mass is 16.5. The molecule has 0 bridgehead atoms. The number of esters is 1. The largest absolute Gasteiger partial charge is 0.466 e. The minimum absolute atomic E-state index is 0.000465. The summed E-state index contributed by atoms with van der Waals surface area (Å²) in [5.74, 6) is -0.0352. The molecule has 2 atom stereocenters. The van der Waals surface area contributed by atoms with Crippen molar-refractivity contribution in [3.63, 3.8) is 0 Å². The first-order valence-corrected chi connectivity index (χ1v) is 33.4. The molecule has 2 unspecified atom stereocenters. The quantitative estimate of drug-likeness (QED) is 0.0320. The number of hydrogen-bond acceptors (Lipinski definition) is 5. The van der Waals surface area contributed by atoms with Crippen LogP contribution < -0.4 is 5.32 Å². The van der Waals surface area contributed by atoms with Crippen molar-refractivity contribution in [1.29, 1.82) is 0 Å².